The Kier molecular flexibility index (Phi) is 5.02. The number of hydrogen-bond acceptors (Lipinski definition) is 5. The van der Waals surface area contributed by atoms with E-state index in [0.29, 0.717) is 25.9 Å². The highest BCUT2D eigenvalue weighted by atomic mass is 16.4. The minimum atomic E-state index is -1.12. The van der Waals surface area contributed by atoms with Gasteiger partial charge in [0.05, 0.1) is 6.54 Å². The predicted molar refractivity (Wildman–Crippen MR) is 89.5 cm³/mol. The van der Waals surface area contributed by atoms with Crippen molar-refractivity contribution in [2.75, 3.05) is 26.2 Å². The Hall–Kier alpha value is -2.38. The number of nitrogens with zero attached hydrogens (tertiary/aromatic N) is 3. The molecule has 0 bridgehead atoms. The standard InChI is InChI=1S/C18H25N3O5/c1-2-7-21-16(25)13-12-19(8-9-20(13)17(21)26)14(22)10-18(11-15(23)24)5-3-4-6-18/h2,13H,1,3-12H2,(H,23,24)/p-1/t13-/m0/s1. The molecule has 1 aliphatic carbocycles. The molecule has 4 amide bonds. The topological polar surface area (TPSA) is 101 Å². The van der Waals surface area contributed by atoms with Gasteiger partial charge in [-0.25, -0.2) is 4.79 Å². The number of carbonyl (C=O) groups is 4. The number of aliphatic carboxylic acids is 1. The molecule has 2 aliphatic heterocycles. The number of carboxylic acid groups (broad SMARTS) is 1. The highest BCUT2D eigenvalue weighted by Crippen LogP contribution is 2.44. The molecule has 0 aromatic rings. The summed E-state index contributed by atoms with van der Waals surface area (Å²) in [7, 11) is 0. The van der Waals surface area contributed by atoms with Crippen molar-refractivity contribution in [2.45, 2.75) is 44.6 Å². The molecule has 3 aliphatic rings. The van der Waals surface area contributed by atoms with Crippen LogP contribution in [0.3, 0.4) is 0 Å². The smallest absolute Gasteiger partial charge is 0.327 e. The van der Waals surface area contributed by atoms with Crippen LogP contribution in [0.1, 0.15) is 38.5 Å². The molecule has 1 atom stereocenters. The minimum absolute atomic E-state index is 0.105. The van der Waals surface area contributed by atoms with Gasteiger partial charge < -0.3 is 19.7 Å². The molecule has 2 saturated heterocycles. The molecule has 3 fully saturated rings. The van der Waals surface area contributed by atoms with Crippen LogP contribution in [-0.4, -0.2) is 70.7 Å². The first kappa shape index (κ1) is 18.4. The summed E-state index contributed by atoms with van der Waals surface area (Å²) in [5.41, 5.74) is -0.530. The maximum absolute atomic E-state index is 12.8. The summed E-state index contributed by atoms with van der Waals surface area (Å²) in [6, 6.07) is -0.989. The van der Waals surface area contributed by atoms with Gasteiger partial charge in [0.1, 0.15) is 6.04 Å². The van der Waals surface area contributed by atoms with Crippen LogP contribution in [0, 0.1) is 5.41 Å². The molecular weight excluding hydrogens is 338 g/mol. The van der Waals surface area contributed by atoms with Gasteiger partial charge in [-0.15, -0.1) is 6.58 Å². The van der Waals surface area contributed by atoms with Crippen molar-refractivity contribution < 1.29 is 24.3 Å². The lowest BCUT2D eigenvalue weighted by molar-refractivity contribution is -0.308. The van der Waals surface area contributed by atoms with Gasteiger partial charge in [-0.3, -0.25) is 14.5 Å². The average Bonchev–Trinajstić information content (AvgIpc) is 3.13. The van der Waals surface area contributed by atoms with Crippen molar-refractivity contribution in [3.8, 4) is 0 Å². The monoisotopic (exact) mass is 362 g/mol. The fraction of sp³-hybridized carbons (Fsp3) is 0.667. The SMILES string of the molecule is C=CCN1C(=O)[C@@H]2CN(C(=O)CC3(CC(=O)[O-])CCCC3)CCN2C1=O. The van der Waals surface area contributed by atoms with Gasteiger partial charge in [-0.2, -0.15) is 0 Å². The van der Waals surface area contributed by atoms with E-state index in [-0.39, 0.29) is 43.8 Å². The Bertz CT molecular complexity index is 641. The lowest BCUT2D eigenvalue weighted by atomic mass is 9.79. The molecule has 0 unspecified atom stereocenters. The molecule has 3 rings (SSSR count). The number of rotatable bonds is 6. The van der Waals surface area contributed by atoms with Gasteiger partial charge in [0, 0.05) is 32.0 Å². The second kappa shape index (κ2) is 7.09. The Morgan fingerprint density at radius 3 is 2.50 bits per heavy atom. The fourth-order valence-electron chi connectivity index (χ4n) is 4.46. The number of imide groups is 1. The predicted octanol–water partition coefficient (Wildman–Crippen LogP) is -0.262. The second-order valence-corrected chi connectivity index (χ2v) is 7.50. The summed E-state index contributed by atoms with van der Waals surface area (Å²) in [6.45, 7) is 4.55. The van der Waals surface area contributed by atoms with Gasteiger partial charge in [0.25, 0.3) is 5.91 Å². The summed E-state index contributed by atoms with van der Waals surface area (Å²) < 4.78 is 0. The Morgan fingerprint density at radius 2 is 1.88 bits per heavy atom. The van der Waals surface area contributed by atoms with Crippen LogP contribution in [0.25, 0.3) is 0 Å². The summed E-state index contributed by atoms with van der Waals surface area (Å²) in [5.74, 6) is -1.57. The van der Waals surface area contributed by atoms with Crippen LogP contribution in [-0.2, 0) is 14.4 Å². The summed E-state index contributed by atoms with van der Waals surface area (Å²) >= 11 is 0. The molecule has 0 radical (unpaired) electrons. The van der Waals surface area contributed by atoms with Gasteiger partial charge in [-0.05, 0) is 24.7 Å². The zero-order valence-electron chi connectivity index (χ0n) is 14.8. The lowest BCUT2D eigenvalue weighted by Crippen LogP contribution is -2.55. The Labute approximate surface area is 152 Å². The van der Waals surface area contributed by atoms with E-state index in [1.54, 1.807) is 4.90 Å². The van der Waals surface area contributed by atoms with Crippen molar-refractivity contribution in [3.05, 3.63) is 12.7 Å². The number of amides is 4. The van der Waals surface area contributed by atoms with Crippen molar-refractivity contribution in [1.29, 1.82) is 0 Å². The first-order valence-corrected chi connectivity index (χ1v) is 9.07. The minimum Gasteiger partial charge on any atom is -0.550 e. The summed E-state index contributed by atoms with van der Waals surface area (Å²) in [4.78, 5) is 52.9. The van der Waals surface area contributed by atoms with Crippen molar-refractivity contribution in [3.63, 3.8) is 0 Å². The van der Waals surface area contributed by atoms with Gasteiger partial charge in [-0.1, -0.05) is 18.9 Å². The first-order valence-electron chi connectivity index (χ1n) is 9.07. The van der Waals surface area contributed by atoms with Crippen LogP contribution in [0.15, 0.2) is 12.7 Å². The molecule has 0 N–H and O–H groups in total. The Morgan fingerprint density at radius 1 is 1.19 bits per heavy atom. The van der Waals surface area contributed by atoms with Crippen molar-refractivity contribution >= 4 is 23.8 Å². The maximum Gasteiger partial charge on any atom is 0.327 e. The number of hydrogen-bond donors (Lipinski definition) is 0. The number of piperazine rings is 1. The molecular formula is C18H24N3O5-. The van der Waals surface area contributed by atoms with E-state index < -0.39 is 17.4 Å². The molecule has 0 spiro atoms. The quantitative estimate of drug-likeness (QED) is 0.478. The van der Waals surface area contributed by atoms with E-state index in [2.05, 4.69) is 6.58 Å². The fourth-order valence-corrected chi connectivity index (χ4v) is 4.46. The van der Waals surface area contributed by atoms with E-state index in [1.165, 1.54) is 11.0 Å². The molecule has 8 heteroatoms. The highest BCUT2D eigenvalue weighted by Gasteiger charge is 2.48. The van der Waals surface area contributed by atoms with Crippen LogP contribution < -0.4 is 5.11 Å². The molecule has 8 nitrogen and oxygen atoms in total. The van der Waals surface area contributed by atoms with Crippen molar-refractivity contribution in [1.82, 2.24) is 14.7 Å². The molecule has 1 saturated carbocycles. The largest absolute Gasteiger partial charge is 0.550 e. The van der Waals surface area contributed by atoms with Crippen LogP contribution in [0.2, 0.25) is 0 Å². The van der Waals surface area contributed by atoms with E-state index in [9.17, 15) is 24.3 Å². The third-order valence-electron chi connectivity index (χ3n) is 5.78. The lowest BCUT2D eigenvalue weighted by Gasteiger charge is -2.38. The molecule has 142 valence electrons. The molecule has 0 aromatic carbocycles. The van der Waals surface area contributed by atoms with Crippen molar-refractivity contribution in [2.24, 2.45) is 5.41 Å². The highest BCUT2D eigenvalue weighted by molar-refractivity contribution is 6.05. The van der Waals surface area contributed by atoms with E-state index in [0.717, 1.165) is 17.7 Å². The number of carboxylic acids is 1. The summed E-state index contributed by atoms with van der Waals surface area (Å²) in [6.07, 6.45) is 4.81. The molecule has 2 heterocycles. The van der Waals surface area contributed by atoms with Gasteiger partial charge in [0.15, 0.2) is 0 Å². The average molecular weight is 362 g/mol. The third kappa shape index (κ3) is 3.32. The van der Waals surface area contributed by atoms with Crippen LogP contribution in [0.5, 0.6) is 0 Å². The zero-order valence-corrected chi connectivity index (χ0v) is 14.8. The van der Waals surface area contributed by atoms with Gasteiger partial charge in [0.2, 0.25) is 5.91 Å². The number of fused-ring (bicyclic) bond motifs is 1. The zero-order chi connectivity index (χ0) is 18.9. The molecule has 0 aromatic heterocycles. The molecule has 26 heavy (non-hydrogen) atoms. The first-order chi connectivity index (χ1) is 12.4. The maximum atomic E-state index is 12.8. The van der Waals surface area contributed by atoms with E-state index in [4.69, 9.17) is 0 Å². The third-order valence-corrected chi connectivity index (χ3v) is 5.78. The van der Waals surface area contributed by atoms with E-state index in [1.807, 2.05) is 0 Å². The number of urea groups is 1. The Balaban J connectivity index is 1.67. The van der Waals surface area contributed by atoms with Crippen LogP contribution >= 0.6 is 0 Å². The van der Waals surface area contributed by atoms with E-state index >= 15 is 0 Å². The second-order valence-electron chi connectivity index (χ2n) is 7.50. The van der Waals surface area contributed by atoms with Crippen LogP contribution in [0.4, 0.5) is 4.79 Å². The number of carbonyl (C=O) groups excluding carboxylic acids is 4. The van der Waals surface area contributed by atoms with Gasteiger partial charge >= 0.3 is 6.03 Å². The normalized spacial score (nSPS) is 24.8. The summed E-state index contributed by atoms with van der Waals surface area (Å²) in [5, 5.41) is 11.1.